The summed E-state index contributed by atoms with van der Waals surface area (Å²) in [6, 6.07) is 0.406. The van der Waals surface area contributed by atoms with Crippen molar-refractivity contribution in [1.82, 2.24) is 15.1 Å². The van der Waals surface area contributed by atoms with E-state index in [1.807, 2.05) is 9.80 Å². The Hall–Kier alpha value is -1.14. The van der Waals surface area contributed by atoms with Crippen molar-refractivity contribution in [3.05, 3.63) is 0 Å². The second-order valence-corrected chi connectivity index (χ2v) is 5.34. The number of carbonyl (C=O) groups excluding carboxylic acids is 2. The topological polar surface area (TPSA) is 78.7 Å². The Kier molecular flexibility index (Phi) is 6.80. The number of carbonyl (C=O) groups is 2. The van der Waals surface area contributed by atoms with Crippen molar-refractivity contribution < 1.29 is 9.59 Å². The lowest BCUT2D eigenvalue weighted by Crippen LogP contribution is -2.39. The van der Waals surface area contributed by atoms with Crippen molar-refractivity contribution in [1.29, 1.82) is 0 Å². The van der Waals surface area contributed by atoms with Crippen LogP contribution in [-0.2, 0) is 9.59 Å². The molecule has 0 unspecified atom stereocenters. The molecular weight excluding hydrogens is 244 g/mol. The van der Waals surface area contributed by atoms with Crippen LogP contribution in [0.4, 0.5) is 0 Å². The standard InChI is InChI=1S/C13H26N4O2/c1-11(2)15-5-4-13(19)17-7-3-6-16(8-9-17)10-12(14)18/h11,15H,3-10H2,1-2H3,(H2,14,18). The summed E-state index contributed by atoms with van der Waals surface area (Å²) in [7, 11) is 0. The van der Waals surface area contributed by atoms with Gasteiger partial charge in [0, 0.05) is 45.2 Å². The Bertz CT molecular complexity index is 307. The smallest absolute Gasteiger partial charge is 0.231 e. The molecule has 1 aliphatic heterocycles. The van der Waals surface area contributed by atoms with Crippen LogP contribution in [0, 0.1) is 0 Å². The average Bonchev–Trinajstić information content (AvgIpc) is 2.53. The maximum absolute atomic E-state index is 12.0. The van der Waals surface area contributed by atoms with Gasteiger partial charge >= 0.3 is 0 Å². The molecule has 0 aromatic carbocycles. The van der Waals surface area contributed by atoms with Crippen LogP contribution in [0.15, 0.2) is 0 Å². The van der Waals surface area contributed by atoms with E-state index >= 15 is 0 Å². The SMILES string of the molecule is CC(C)NCCC(=O)N1CCCN(CC(N)=O)CC1. The Labute approximate surface area is 115 Å². The zero-order valence-electron chi connectivity index (χ0n) is 12.0. The minimum absolute atomic E-state index is 0.189. The third-order valence-electron chi connectivity index (χ3n) is 3.21. The lowest BCUT2D eigenvalue weighted by molar-refractivity contribution is -0.130. The van der Waals surface area contributed by atoms with E-state index in [0.717, 1.165) is 32.6 Å². The molecule has 1 saturated heterocycles. The van der Waals surface area contributed by atoms with Crippen molar-refractivity contribution >= 4 is 11.8 Å². The molecule has 1 fully saturated rings. The summed E-state index contributed by atoms with van der Waals surface area (Å²) in [4.78, 5) is 26.8. The second kappa shape index (κ2) is 8.12. The highest BCUT2D eigenvalue weighted by Crippen LogP contribution is 2.04. The fraction of sp³-hybridized carbons (Fsp3) is 0.846. The van der Waals surface area contributed by atoms with Gasteiger partial charge in [-0.3, -0.25) is 14.5 Å². The molecule has 2 amide bonds. The Morgan fingerprint density at radius 2 is 1.95 bits per heavy atom. The highest BCUT2D eigenvalue weighted by Gasteiger charge is 2.19. The first-order valence-electron chi connectivity index (χ1n) is 7.01. The first-order chi connectivity index (χ1) is 8.99. The molecule has 0 atom stereocenters. The summed E-state index contributed by atoms with van der Waals surface area (Å²) in [5, 5.41) is 3.25. The molecular formula is C13H26N4O2. The van der Waals surface area contributed by atoms with Gasteiger partial charge < -0.3 is 16.0 Å². The number of primary amides is 1. The maximum Gasteiger partial charge on any atom is 0.231 e. The molecule has 0 aromatic heterocycles. The van der Waals surface area contributed by atoms with Gasteiger partial charge in [0.2, 0.25) is 11.8 Å². The van der Waals surface area contributed by atoms with Crippen molar-refractivity contribution in [3.8, 4) is 0 Å². The van der Waals surface area contributed by atoms with E-state index < -0.39 is 0 Å². The van der Waals surface area contributed by atoms with E-state index in [-0.39, 0.29) is 18.4 Å². The number of rotatable bonds is 6. The number of hydrogen-bond acceptors (Lipinski definition) is 4. The molecule has 1 aliphatic rings. The molecule has 0 bridgehead atoms. The average molecular weight is 270 g/mol. The Balaban J connectivity index is 2.31. The monoisotopic (exact) mass is 270 g/mol. The molecule has 19 heavy (non-hydrogen) atoms. The highest BCUT2D eigenvalue weighted by atomic mass is 16.2. The third-order valence-corrected chi connectivity index (χ3v) is 3.21. The fourth-order valence-corrected chi connectivity index (χ4v) is 2.22. The van der Waals surface area contributed by atoms with E-state index in [0.29, 0.717) is 19.0 Å². The molecule has 6 nitrogen and oxygen atoms in total. The van der Waals surface area contributed by atoms with E-state index in [9.17, 15) is 9.59 Å². The van der Waals surface area contributed by atoms with Crippen LogP contribution >= 0.6 is 0 Å². The predicted molar refractivity (Wildman–Crippen MR) is 74.6 cm³/mol. The first-order valence-corrected chi connectivity index (χ1v) is 7.01. The van der Waals surface area contributed by atoms with Gasteiger partial charge in [-0.2, -0.15) is 0 Å². The highest BCUT2D eigenvalue weighted by molar-refractivity contribution is 5.77. The summed E-state index contributed by atoms with van der Waals surface area (Å²) in [6.45, 7) is 8.16. The third kappa shape index (κ3) is 6.54. The summed E-state index contributed by atoms with van der Waals surface area (Å²) in [5.41, 5.74) is 5.19. The fourth-order valence-electron chi connectivity index (χ4n) is 2.22. The minimum Gasteiger partial charge on any atom is -0.369 e. The number of nitrogens with zero attached hydrogens (tertiary/aromatic N) is 2. The molecule has 0 radical (unpaired) electrons. The molecule has 0 saturated carbocycles. The van der Waals surface area contributed by atoms with Crippen molar-refractivity contribution in [2.24, 2.45) is 5.73 Å². The van der Waals surface area contributed by atoms with E-state index in [1.165, 1.54) is 0 Å². The number of hydrogen-bond donors (Lipinski definition) is 2. The molecule has 0 spiro atoms. The van der Waals surface area contributed by atoms with Crippen molar-refractivity contribution in [2.45, 2.75) is 32.7 Å². The number of amides is 2. The maximum atomic E-state index is 12.0. The molecule has 110 valence electrons. The zero-order chi connectivity index (χ0) is 14.3. The van der Waals surface area contributed by atoms with Gasteiger partial charge in [0.25, 0.3) is 0 Å². The zero-order valence-corrected chi connectivity index (χ0v) is 12.0. The van der Waals surface area contributed by atoms with Crippen LogP contribution in [0.2, 0.25) is 0 Å². The largest absolute Gasteiger partial charge is 0.369 e. The quantitative estimate of drug-likeness (QED) is 0.675. The Morgan fingerprint density at radius 1 is 1.21 bits per heavy atom. The van der Waals surface area contributed by atoms with Crippen LogP contribution < -0.4 is 11.1 Å². The summed E-state index contributed by atoms with van der Waals surface area (Å²) < 4.78 is 0. The summed E-state index contributed by atoms with van der Waals surface area (Å²) in [5.74, 6) is -0.116. The van der Waals surface area contributed by atoms with Gasteiger partial charge in [0.15, 0.2) is 0 Å². The van der Waals surface area contributed by atoms with Gasteiger partial charge in [0.05, 0.1) is 6.54 Å². The van der Waals surface area contributed by atoms with Gasteiger partial charge in [0.1, 0.15) is 0 Å². The van der Waals surface area contributed by atoms with E-state index in [4.69, 9.17) is 5.73 Å². The lowest BCUT2D eigenvalue weighted by atomic mass is 10.3. The second-order valence-electron chi connectivity index (χ2n) is 5.34. The van der Waals surface area contributed by atoms with Gasteiger partial charge in [-0.1, -0.05) is 13.8 Å². The molecule has 6 heteroatoms. The molecule has 1 heterocycles. The van der Waals surface area contributed by atoms with Gasteiger partial charge in [-0.25, -0.2) is 0 Å². The predicted octanol–water partition coefficient (Wildman–Crippen LogP) is -0.606. The van der Waals surface area contributed by atoms with Crippen molar-refractivity contribution in [3.63, 3.8) is 0 Å². The minimum atomic E-state index is -0.305. The van der Waals surface area contributed by atoms with Gasteiger partial charge in [-0.05, 0) is 6.42 Å². The lowest BCUT2D eigenvalue weighted by Gasteiger charge is -2.21. The molecule has 0 aromatic rings. The van der Waals surface area contributed by atoms with Crippen LogP contribution in [0.1, 0.15) is 26.7 Å². The van der Waals surface area contributed by atoms with E-state index in [2.05, 4.69) is 19.2 Å². The van der Waals surface area contributed by atoms with Gasteiger partial charge in [-0.15, -0.1) is 0 Å². The number of nitrogens with one attached hydrogen (secondary N) is 1. The first kappa shape index (κ1) is 15.9. The molecule has 1 rings (SSSR count). The van der Waals surface area contributed by atoms with Crippen molar-refractivity contribution in [2.75, 3.05) is 39.3 Å². The van der Waals surface area contributed by atoms with E-state index in [1.54, 1.807) is 0 Å². The summed E-state index contributed by atoms with van der Waals surface area (Å²) >= 11 is 0. The molecule has 0 aliphatic carbocycles. The summed E-state index contributed by atoms with van der Waals surface area (Å²) in [6.07, 6.45) is 1.44. The van der Waals surface area contributed by atoms with Crippen LogP contribution in [0.3, 0.4) is 0 Å². The molecule has 3 N–H and O–H groups in total. The number of nitrogens with two attached hydrogens (primary N) is 1. The normalized spacial score (nSPS) is 17.5. The van der Waals surface area contributed by atoms with Crippen LogP contribution in [0.5, 0.6) is 0 Å². The Morgan fingerprint density at radius 3 is 2.58 bits per heavy atom. The van der Waals surface area contributed by atoms with Crippen LogP contribution in [-0.4, -0.2) is 66.9 Å². The van der Waals surface area contributed by atoms with Crippen LogP contribution in [0.25, 0.3) is 0 Å².